The van der Waals surface area contributed by atoms with Crippen LogP contribution in [0.25, 0.3) is 0 Å². The number of halogens is 1. The minimum absolute atomic E-state index is 0.165. The molecular weight excluding hydrogens is 251 g/mol. The van der Waals surface area contributed by atoms with E-state index in [-0.39, 0.29) is 11.9 Å². The highest BCUT2D eigenvalue weighted by Crippen LogP contribution is 2.23. The molecule has 0 bridgehead atoms. The van der Waals surface area contributed by atoms with Crippen LogP contribution < -0.4 is 5.32 Å². The van der Waals surface area contributed by atoms with Crippen LogP contribution >= 0.6 is 0 Å². The lowest BCUT2D eigenvalue weighted by atomic mass is 9.96. The van der Waals surface area contributed by atoms with Crippen LogP contribution in [0.2, 0.25) is 0 Å². The van der Waals surface area contributed by atoms with Gasteiger partial charge in [0.05, 0.1) is 0 Å². The highest BCUT2D eigenvalue weighted by atomic mass is 19.1. The van der Waals surface area contributed by atoms with Gasteiger partial charge in [0.15, 0.2) is 0 Å². The van der Waals surface area contributed by atoms with Gasteiger partial charge in [0.1, 0.15) is 5.82 Å². The fourth-order valence-corrected chi connectivity index (χ4v) is 2.44. The van der Waals surface area contributed by atoms with E-state index in [9.17, 15) is 4.39 Å². The van der Waals surface area contributed by atoms with Crippen molar-refractivity contribution in [1.82, 2.24) is 10.3 Å². The van der Waals surface area contributed by atoms with Gasteiger partial charge in [-0.1, -0.05) is 19.1 Å². The topological polar surface area (TPSA) is 24.9 Å². The molecule has 0 amide bonds. The molecule has 0 aliphatic rings. The zero-order chi connectivity index (χ0) is 14.4. The number of nitrogens with one attached hydrogen (secondary N) is 1. The molecule has 0 saturated carbocycles. The van der Waals surface area contributed by atoms with Crippen molar-refractivity contribution in [3.05, 3.63) is 65.2 Å². The molecule has 0 fully saturated rings. The minimum atomic E-state index is -0.175. The van der Waals surface area contributed by atoms with Gasteiger partial charge in [-0.05, 0) is 61.7 Å². The molecule has 0 aliphatic heterocycles. The molecule has 0 spiro atoms. The maximum atomic E-state index is 13.5. The van der Waals surface area contributed by atoms with Gasteiger partial charge in [0, 0.05) is 17.9 Å². The number of rotatable bonds is 6. The highest BCUT2D eigenvalue weighted by molar-refractivity contribution is 5.29. The molecule has 0 aliphatic carbocycles. The van der Waals surface area contributed by atoms with Gasteiger partial charge in [-0.2, -0.15) is 0 Å². The van der Waals surface area contributed by atoms with Gasteiger partial charge >= 0.3 is 0 Å². The molecule has 1 heterocycles. The molecule has 1 aromatic carbocycles. The number of aryl methyl sites for hydroxylation is 2. The van der Waals surface area contributed by atoms with Crippen LogP contribution in [0.1, 0.15) is 36.2 Å². The van der Waals surface area contributed by atoms with Gasteiger partial charge in [-0.25, -0.2) is 4.39 Å². The van der Waals surface area contributed by atoms with Crippen molar-refractivity contribution in [2.24, 2.45) is 0 Å². The molecule has 1 aromatic heterocycles. The van der Waals surface area contributed by atoms with Crippen LogP contribution in [0.15, 0.2) is 42.6 Å². The predicted molar refractivity (Wildman–Crippen MR) is 80.1 cm³/mol. The Morgan fingerprint density at radius 3 is 2.80 bits per heavy atom. The summed E-state index contributed by atoms with van der Waals surface area (Å²) in [6.45, 7) is 4.96. The molecule has 2 aromatic rings. The Hall–Kier alpha value is -1.74. The predicted octanol–water partition coefficient (Wildman–Crippen LogP) is 3.81. The van der Waals surface area contributed by atoms with Crippen molar-refractivity contribution in [3.8, 4) is 0 Å². The molecule has 3 heteroatoms. The zero-order valence-corrected chi connectivity index (χ0v) is 12.1. The quantitative estimate of drug-likeness (QED) is 0.865. The van der Waals surface area contributed by atoms with Crippen molar-refractivity contribution < 1.29 is 4.39 Å². The Bertz CT molecular complexity index is 540. The fraction of sp³-hybridized carbons (Fsp3) is 0.353. The Kier molecular flexibility index (Phi) is 5.24. The van der Waals surface area contributed by atoms with Crippen molar-refractivity contribution >= 4 is 0 Å². The fourth-order valence-electron chi connectivity index (χ4n) is 2.44. The third kappa shape index (κ3) is 3.87. The number of benzene rings is 1. The van der Waals surface area contributed by atoms with E-state index in [0.29, 0.717) is 0 Å². The monoisotopic (exact) mass is 272 g/mol. The summed E-state index contributed by atoms with van der Waals surface area (Å²) in [6, 6.07) is 11.1. The molecule has 0 radical (unpaired) electrons. The first-order valence-electron chi connectivity index (χ1n) is 7.10. The summed E-state index contributed by atoms with van der Waals surface area (Å²) in [4.78, 5) is 4.34. The number of aromatic nitrogens is 1. The molecular formula is C17H21FN2. The Balaban J connectivity index is 2.12. The first-order valence-corrected chi connectivity index (χ1v) is 7.10. The van der Waals surface area contributed by atoms with Gasteiger partial charge in [0.2, 0.25) is 0 Å². The van der Waals surface area contributed by atoms with Crippen LogP contribution in [-0.2, 0) is 6.42 Å². The maximum absolute atomic E-state index is 13.5. The summed E-state index contributed by atoms with van der Waals surface area (Å²) in [6.07, 6.45) is 3.61. The summed E-state index contributed by atoms with van der Waals surface area (Å²) in [7, 11) is 0. The molecule has 1 unspecified atom stereocenters. The van der Waals surface area contributed by atoms with E-state index in [2.05, 4.69) is 17.2 Å². The first kappa shape index (κ1) is 14.7. The lowest BCUT2D eigenvalue weighted by Crippen LogP contribution is -2.22. The molecule has 1 N–H and O–H groups in total. The third-order valence-electron chi connectivity index (χ3n) is 3.48. The van der Waals surface area contributed by atoms with Gasteiger partial charge in [0.25, 0.3) is 0 Å². The maximum Gasteiger partial charge on any atom is 0.123 e. The molecule has 1 atom stereocenters. The molecule has 20 heavy (non-hydrogen) atoms. The van der Waals surface area contributed by atoms with Crippen molar-refractivity contribution in [1.29, 1.82) is 0 Å². The molecule has 2 nitrogen and oxygen atoms in total. The lowest BCUT2D eigenvalue weighted by Gasteiger charge is -2.20. The Morgan fingerprint density at radius 2 is 2.10 bits per heavy atom. The third-order valence-corrected chi connectivity index (χ3v) is 3.48. The minimum Gasteiger partial charge on any atom is -0.310 e. The number of hydrogen-bond donors (Lipinski definition) is 1. The summed E-state index contributed by atoms with van der Waals surface area (Å²) in [5.41, 5.74) is 3.24. The van der Waals surface area contributed by atoms with E-state index < -0.39 is 0 Å². The van der Waals surface area contributed by atoms with Crippen LogP contribution in [-0.4, -0.2) is 11.5 Å². The second kappa shape index (κ2) is 7.15. The van der Waals surface area contributed by atoms with E-state index in [1.807, 2.05) is 37.4 Å². The standard InChI is InChI=1S/C17H21FN2/c1-3-19-17(10-9-15-6-4-5-11-20-15)16-12-14(18)8-7-13(16)2/h4-8,11-12,17,19H,3,9-10H2,1-2H3. The highest BCUT2D eigenvalue weighted by Gasteiger charge is 2.14. The molecule has 106 valence electrons. The zero-order valence-electron chi connectivity index (χ0n) is 12.1. The van der Waals surface area contributed by atoms with Crippen molar-refractivity contribution in [2.75, 3.05) is 6.54 Å². The van der Waals surface area contributed by atoms with Crippen LogP contribution in [0.5, 0.6) is 0 Å². The smallest absolute Gasteiger partial charge is 0.123 e. The average Bonchev–Trinajstić information content (AvgIpc) is 2.47. The normalized spacial score (nSPS) is 12.3. The van der Waals surface area contributed by atoms with E-state index >= 15 is 0 Å². The van der Waals surface area contributed by atoms with Gasteiger partial charge < -0.3 is 5.32 Å². The number of hydrogen-bond acceptors (Lipinski definition) is 2. The van der Waals surface area contributed by atoms with E-state index in [4.69, 9.17) is 0 Å². The van der Waals surface area contributed by atoms with Gasteiger partial charge in [-0.15, -0.1) is 0 Å². The Labute approximate surface area is 120 Å². The van der Waals surface area contributed by atoms with E-state index in [0.717, 1.165) is 36.2 Å². The van der Waals surface area contributed by atoms with Crippen molar-refractivity contribution in [2.45, 2.75) is 32.7 Å². The van der Waals surface area contributed by atoms with Crippen LogP contribution in [0.4, 0.5) is 4.39 Å². The van der Waals surface area contributed by atoms with E-state index in [1.54, 1.807) is 6.07 Å². The van der Waals surface area contributed by atoms with Gasteiger partial charge in [-0.3, -0.25) is 4.98 Å². The first-order chi connectivity index (χ1) is 9.70. The summed E-state index contributed by atoms with van der Waals surface area (Å²) in [5.74, 6) is -0.175. The van der Waals surface area contributed by atoms with Crippen molar-refractivity contribution in [3.63, 3.8) is 0 Å². The number of pyridine rings is 1. The summed E-state index contributed by atoms with van der Waals surface area (Å²) >= 11 is 0. The number of nitrogens with zero attached hydrogens (tertiary/aromatic N) is 1. The largest absolute Gasteiger partial charge is 0.310 e. The summed E-state index contributed by atoms with van der Waals surface area (Å²) < 4.78 is 13.5. The van der Waals surface area contributed by atoms with Crippen LogP contribution in [0, 0.1) is 12.7 Å². The second-order valence-electron chi connectivity index (χ2n) is 4.97. The Morgan fingerprint density at radius 1 is 1.25 bits per heavy atom. The SMILES string of the molecule is CCNC(CCc1ccccn1)c1cc(F)ccc1C. The molecule has 2 rings (SSSR count). The average molecular weight is 272 g/mol. The second-order valence-corrected chi connectivity index (χ2v) is 4.97. The van der Waals surface area contributed by atoms with Crippen LogP contribution in [0.3, 0.4) is 0 Å². The molecule has 0 saturated heterocycles. The summed E-state index contributed by atoms with van der Waals surface area (Å²) in [5, 5.41) is 3.44. The van der Waals surface area contributed by atoms with E-state index in [1.165, 1.54) is 6.07 Å². The lowest BCUT2D eigenvalue weighted by molar-refractivity contribution is 0.506.